The van der Waals surface area contributed by atoms with Crippen LogP contribution in [0, 0.1) is 0 Å². The van der Waals surface area contributed by atoms with Crippen LogP contribution in [0.1, 0.15) is 6.92 Å². The Morgan fingerprint density at radius 1 is 0.521 bits per heavy atom. The number of para-hydroxylation sites is 7. The first-order valence-electron chi connectivity index (χ1n) is 16.2. The van der Waals surface area contributed by atoms with Crippen molar-refractivity contribution in [3.8, 4) is 22.9 Å². The van der Waals surface area contributed by atoms with Crippen LogP contribution in [0.3, 0.4) is 0 Å². The van der Waals surface area contributed by atoms with Crippen LogP contribution in [-0.4, -0.2) is 9.13 Å². The van der Waals surface area contributed by atoms with Crippen molar-refractivity contribution in [1.82, 2.24) is 9.13 Å². The molecule has 0 radical (unpaired) electrons. The highest BCUT2D eigenvalue weighted by Gasteiger charge is 2.28. The molecule has 5 heteroatoms. The summed E-state index contributed by atoms with van der Waals surface area (Å²) in [5, 5.41) is 5.47. The number of allylic oxidation sites excluding steroid dienone is 2. The smallest absolute Gasteiger partial charge is 0.151 e. The van der Waals surface area contributed by atoms with E-state index in [1.165, 1.54) is 10.8 Å². The number of anilines is 2. The number of hydrogen-bond donors (Lipinski definition) is 0. The number of hydrogen-bond acceptors (Lipinski definition) is 3. The van der Waals surface area contributed by atoms with Gasteiger partial charge in [0.2, 0.25) is 0 Å². The van der Waals surface area contributed by atoms with E-state index in [1.807, 2.05) is 42.7 Å². The minimum Gasteiger partial charge on any atom is -0.461 e. The predicted molar refractivity (Wildman–Crippen MR) is 195 cm³/mol. The highest BCUT2D eigenvalue weighted by atomic mass is 16.5. The second kappa shape index (κ2) is 10.3. The minimum absolute atomic E-state index is 0.758. The van der Waals surface area contributed by atoms with E-state index >= 15 is 0 Å². The summed E-state index contributed by atoms with van der Waals surface area (Å²) in [5.74, 6) is 2.34. The Bertz CT molecular complexity index is 2740. The van der Waals surface area contributed by atoms with Crippen LogP contribution in [0.15, 0.2) is 157 Å². The van der Waals surface area contributed by atoms with Crippen LogP contribution < -0.4 is 24.9 Å². The molecule has 2 bridgehead atoms. The lowest BCUT2D eigenvalue weighted by molar-refractivity contribution is 0.435. The number of ether oxygens (including phenoxy) is 2. The van der Waals surface area contributed by atoms with Gasteiger partial charge in [0.05, 0.1) is 39.0 Å². The van der Waals surface area contributed by atoms with Gasteiger partial charge in [-0.3, -0.25) is 0 Å². The molecule has 0 amide bonds. The number of aromatic nitrogens is 2. The highest BCUT2D eigenvalue weighted by Crippen LogP contribution is 2.46. The molecular formula is C43H29N3O2. The van der Waals surface area contributed by atoms with Crippen molar-refractivity contribution in [3.63, 3.8) is 0 Å². The molecule has 2 aliphatic heterocycles. The summed E-state index contributed by atoms with van der Waals surface area (Å²) in [6.45, 7) is 2.12. The summed E-state index contributed by atoms with van der Waals surface area (Å²) in [5.41, 5.74) is 8.43. The lowest BCUT2D eigenvalue weighted by Crippen LogP contribution is -2.32. The molecule has 2 aromatic heterocycles. The molecule has 0 N–H and O–H groups in total. The zero-order valence-corrected chi connectivity index (χ0v) is 26.2. The van der Waals surface area contributed by atoms with Crippen LogP contribution in [0.2, 0.25) is 0 Å². The average molecular weight is 620 g/mol. The Morgan fingerprint density at radius 3 is 1.92 bits per heavy atom. The monoisotopic (exact) mass is 619 g/mol. The molecule has 48 heavy (non-hydrogen) atoms. The maximum atomic E-state index is 6.78. The van der Waals surface area contributed by atoms with Crippen molar-refractivity contribution in [1.29, 1.82) is 0 Å². The van der Waals surface area contributed by atoms with Gasteiger partial charge < -0.3 is 23.5 Å². The van der Waals surface area contributed by atoms with Gasteiger partial charge in [0.25, 0.3) is 0 Å². The van der Waals surface area contributed by atoms with E-state index in [9.17, 15) is 0 Å². The Balaban J connectivity index is 1.44. The molecule has 6 aromatic carbocycles. The molecule has 228 valence electrons. The van der Waals surface area contributed by atoms with Crippen LogP contribution >= 0.6 is 0 Å². The molecule has 5 nitrogen and oxygen atoms in total. The van der Waals surface area contributed by atoms with E-state index in [0.29, 0.717) is 0 Å². The van der Waals surface area contributed by atoms with E-state index in [1.54, 1.807) is 0 Å². The summed E-state index contributed by atoms with van der Waals surface area (Å²) < 4.78 is 18.2. The molecule has 0 fully saturated rings. The van der Waals surface area contributed by atoms with Gasteiger partial charge in [-0.25, -0.2) is 0 Å². The van der Waals surface area contributed by atoms with Crippen molar-refractivity contribution in [2.24, 2.45) is 0 Å². The Hall–Kier alpha value is -6.46. The van der Waals surface area contributed by atoms with E-state index in [-0.39, 0.29) is 0 Å². The lowest BCUT2D eigenvalue weighted by Gasteiger charge is -2.33. The van der Waals surface area contributed by atoms with Gasteiger partial charge in [0, 0.05) is 32.8 Å². The molecule has 0 saturated carbocycles. The average Bonchev–Trinajstić information content (AvgIpc) is 3.64. The van der Waals surface area contributed by atoms with Crippen molar-refractivity contribution in [3.05, 3.63) is 168 Å². The zero-order chi connectivity index (χ0) is 31.8. The number of nitrogens with zero attached hydrogens (tertiary/aromatic N) is 3. The second-order valence-electron chi connectivity index (χ2n) is 12.2. The highest BCUT2D eigenvalue weighted by molar-refractivity contribution is 6.18. The van der Waals surface area contributed by atoms with Gasteiger partial charge in [0.15, 0.2) is 11.5 Å². The molecular weight excluding hydrogens is 590 g/mol. The topological polar surface area (TPSA) is 31.6 Å². The molecule has 0 unspecified atom stereocenters. The lowest BCUT2D eigenvalue weighted by atomic mass is 10.1. The van der Waals surface area contributed by atoms with E-state index in [0.717, 1.165) is 78.2 Å². The summed E-state index contributed by atoms with van der Waals surface area (Å²) in [7, 11) is 0. The molecule has 0 saturated heterocycles. The Kier molecular flexibility index (Phi) is 5.72. The Morgan fingerprint density at radius 2 is 1.15 bits per heavy atom. The van der Waals surface area contributed by atoms with Crippen LogP contribution in [-0.2, 0) is 0 Å². The van der Waals surface area contributed by atoms with Crippen molar-refractivity contribution < 1.29 is 9.47 Å². The van der Waals surface area contributed by atoms with E-state index < -0.39 is 0 Å². The van der Waals surface area contributed by atoms with Crippen LogP contribution in [0.5, 0.6) is 11.5 Å². The third-order valence-electron chi connectivity index (χ3n) is 9.57. The largest absolute Gasteiger partial charge is 0.461 e. The fraction of sp³-hybridized carbons (Fsp3) is 0.0233. The molecule has 8 aromatic rings. The Labute approximate surface area is 276 Å². The van der Waals surface area contributed by atoms with Crippen LogP contribution in [0.4, 0.5) is 11.4 Å². The maximum absolute atomic E-state index is 6.78. The molecule has 0 aliphatic carbocycles. The van der Waals surface area contributed by atoms with Crippen LogP contribution in [0.25, 0.3) is 56.4 Å². The molecule has 2 aliphatic rings. The minimum atomic E-state index is 0.758. The standard InChI is InChI=1S/C43H29N3O2/c1-28-41-26-33-38(27-47-39-22-12-10-20-35(39)44(28)36-21-11-13-23-40(36)48-41)45(29-14-4-2-5-15-29)37-25-24-32-31-18-8-9-19-34(31)46(43(32)42(33)37)30-16-6-3-7-17-30/h2-27H,1H3/b33-26+,38-27-. The number of benzene rings is 6. The van der Waals surface area contributed by atoms with Gasteiger partial charge in [-0.15, -0.1) is 0 Å². The molecule has 0 spiro atoms. The summed E-state index contributed by atoms with van der Waals surface area (Å²) in [6.07, 6.45) is 4.11. The maximum Gasteiger partial charge on any atom is 0.151 e. The first-order chi connectivity index (χ1) is 23.8. The quantitative estimate of drug-likeness (QED) is 0.193. The zero-order valence-electron chi connectivity index (χ0n) is 26.2. The first-order valence-corrected chi connectivity index (χ1v) is 16.2. The summed E-state index contributed by atoms with van der Waals surface area (Å²) in [6, 6.07) is 50.7. The normalized spacial score (nSPS) is 15.1. The first kappa shape index (κ1) is 26.7. The number of rotatable bonds is 2. The van der Waals surface area contributed by atoms with Gasteiger partial charge in [-0.05, 0) is 73.7 Å². The second-order valence-corrected chi connectivity index (χ2v) is 12.2. The van der Waals surface area contributed by atoms with Gasteiger partial charge in [0.1, 0.15) is 12.0 Å². The fourth-order valence-corrected chi connectivity index (χ4v) is 7.49. The van der Waals surface area contributed by atoms with Crippen molar-refractivity contribution in [2.45, 2.75) is 6.92 Å². The molecule has 4 heterocycles. The number of fused-ring (bicyclic) bond motifs is 12. The SMILES string of the molecule is CC1=C2/C=c3\c(n(-c4ccccc4)c4ccc5c6ccccc6n(-c6ccccc6)c5c34)=C\Oc3ccccc3N1c1ccccc1O2. The van der Waals surface area contributed by atoms with Gasteiger partial charge >= 0.3 is 0 Å². The third kappa shape index (κ3) is 3.79. The van der Waals surface area contributed by atoms with Gasteiger partial charge in [-0.2, -0.15) is 0 Å². The molecule has 10 rings (SSSR count). The van der Waals surface area contributed by atoms with Crippen molar-refractivity contribution in [2.75, 3.05) is 4.90 Å². The molecule has 0 atom stereocenters. The van der Waals surface area contributed by atoms with E-state index in [2.05, 4.69) is 136 Å². The summed E-state index contributed by atoms with van der Waals surface area (Å²) >= 11 is 0. The van der Waals surface area contributed by atoms with Crippen molar-refractivity contribution >= 4 is 56.4 Å². The van der Waals surface area contributed by atoms with E-state index in [4.69, 9.17) is 9.47 Å². The van der Waals surface area contributed by atoms with Gasteiger partial charge in [-0.1, -0.05) is 84.9 Å². The third-order valence-corrected chi connectivity index (χ3v) is 9.57. The predicted octanol–water partition coefficient (Wildman–Crippen LogP) is 9.10. The fourth-order valence-electron chi connectivity index (χ4n) is 7.49. The summed E-state index contributed by atoms with van der Waals surface area (Å²) in [4.78, 5) is 2.24.